The molecule has 0 bridgehead atoms. The molecule has 0 radical (unpaired) electrons. The third-order valence-electron chi connectivity index (χ3n) is 3.89. The number of anilines is 1. The van der Waals surface area contributed by atoms with Gasteiger partial charge in [-0.2, -0.15) is 5.10 Å². The van der Waals surface area contributed by atoms with Crippen LogP contribution in [0.15, 0.2) is 53.6 Å². The number of aliphatic imine (C=N–C) groups is 1. The van der Waals surface area contributed by atoms with Crippen molar-refractivity contribution in [3.05, 3.63) is 53.6 Å². The lowest BCUT2D eigenvalue weighted by Gasteiger charge is -2.32. The fourth-order valence-corrected chi connectivity index (χ4v) is 3.02. The second-order valence-corrected chi connectivity index (χ2v) is 5.74. The Bertz CT molecular complexity index is 871. The van der Waals surface area contributed by atoms with Crippen LogP contribution in [0.5, 0.6) is 5.75 Å². The fourth-order valence-electron chi connectivity index (χ4n) is 2.85. The Kier molecular flexibility index (Phi) is 3.51. The quantitative estimate of drug-likeness (QED) is 0.895. The maximum absolute atomic E-state index is 6.28. The van der Waals surface area contributed by atoms with Crippen molar-refractivity contribution in [3.8, 4) is 17.0 Å². The number of benzene rings is 1. The first-order valence-corrected chi connectivity index (χ1v) is 7.71. The van der Waals surface area contributed by atoms with E-state index in [1.165, 1.54) is 0 Å². The van der Waals surface area contributed by atoms with Crippen molar-refractivity contribution >= 4 is 23.5 Å². The van der Waals surface area contributed by atoms with Crippen LogP contribution in [0.2, 0.25) is 5.02 Å². The van der Waals surface area contributed by atoms with Crippen LogP contribution in [0.3, 0.4) is 0 Å². The third-order valence-corrected chi connectivity index (χ3v) is 4.12. The van der Waals surface area contributed by atoms with E-state index in [1.807, 2.05) is 40.5 Å². The van der Waals surface area contributed by atoms with Crippen LogP contribution in [0, 0.1) is 0 Å². The predicted molar refractivity (Wildman–Crippen MR) is 93.6 cm³/mol. The summed E-state index contributed by atoms with van der Waals surface area (Å²) < 4.78 is 5.45. The van der Waals surface area contributed by atoms with Crippen molar-refractivity contribution in [2.45, 2.75) is 6.17 Å². The normalized spacial score (nSPS) is 18.8. The number of halogens is 1. The molecule has 1 aromatic heterocycles. The van der Waals surface area contributed by atoms with Crippen LogP contribution in [0.4, 0.5) is 5.69 Å². The summed E-state index contributed by atoms with van der Waals surface area (Å²) in [6.07, 6.45) is 8.72. The number of nitrogens with two attached hydrogens (primary N) is 1. The third kappa shape index (κ3) is 2.26. The van der Waals surface area contributed by atoms with E-state index in [1.54, 1.807) is 25.6 Å². The first kappa shape index (κ1) is 14.8. The lowest BCUT2D eigenvalue weighted by atomic mass is 10.1. The van der Waals surface area contributed by atoms with Crippen molar-refractivity contribution in [2.75, 3.05) is 12.1 Å². The van der Waals surface area contributed by atoms with E-state index in [4.69, 9.17) is 22.1 Å². The number of hydrazine groups is 1. The standard InChI is InChI=1S/C16H15ClN6O/c1-24-13-4-3-10(17)7-11(13)16-12(9-20-21-16)23-14(18)8-15-19-5-2-6-22(15)23/h2-9,14H,18H2,1H3,(H,20,21). The minimum Gasteiger partial charge on any atom is -0.496 e. The molecule has 122 valence electrons. The SMILES string of the molecule is COc1ccc(Cl)cc1-c1[nH]ncc1N1C(N)C=C2N=CC=CN21. The fraction of sp³-hybridized carbons (Fsp3) is 0.125. The molecule has 0 amide bonds. The largest absolute Gasteiger partial charge is 0.496 e. The number of hydrogen-bond donors (Lipinski definition) is 2. The van der Waals surface area contributed by atoms with Gasteiger partial charge in [-0.1, -0.05) is 11.6 Å². The van der Waals surface area contributed by atoms with E-state index < -0.39 is 0 Å². The Morgan fingerprint density at radius 3 is 3.08 bits per heavy atom. The highest BCUT2D eigenvalue weighted by atomic mass is 35.5. The predicted octanol–water partition coefficient (Wildman–Crippen LogP) is 2.50. The summed E-state index contributed by atoms with van der Waals surface area (Å²) in [5, 5.41) is 11.6. The number of rotatable bonds is 3. The van der Waals surface area contributed by atoms with E-state index in [-0.39, 0.29) is 6.17 Å². The average molecular weight is 343 g/mol. The number of aromatic nitrogens is 2. The molecule has 8 heteroatoms. The second kappa shape index (κ2) is 5.70. The number of fused-ring (bicyclic) bond motifs is 1. The number of H-pyrrole nitrogens is 1. The van der Waals surface area contributed by atoms with Gasteiger partial charge in [0, 0.05) is 23.0 Å². The molecule has 2 aliphatic heterocycles. The van der Waals surface area contributed by atoms with Gasteiger partial charge in [0.15, 0.2) is 5.82 Å². The molecule has 4 rings (SSSR count). The zero-order chi connectivity index (χ0) is 16.7. The number of hydrogen-bond acceptors (Lipinski definition) is 6. The van der Waals surface area contributed by atoms with Gasteiger partial charge >= 0.3 is 0 Å². The highest BCUT2D eigenvalue weighted by molar-refractivity contribution is 6.31. The van der Waals surface area contributed by atoms with E-state index in [2.05, 4.69) is 15.2 Å². The molecule has 1 atom stereocenters. The maximum Gasteiger partial charge on any atom is 0.150 e. The van der Waals surface area contributed by atoms with Gasteiger partial charge < -0.3 is 10.5 Å². The van der Waals surface area contributed by atoms with Gasteiger partial charge in [-0.15, -0.1) is 0 Å². The van der Waals surface area contributed by atoms with Crippen molar-refractivity contribution < 1.29 is 4.74 Å². The van der Waals surface area contributed by atoms with Crippen molar-refractivity contribution in [2.24, 2.45) is 10.7 Å². The molecule has 0 fully saturated rings. The van der Waals surface area contributed by atoms with Gasteiger partial charge in [-0.3, -0.25) is 10.1 Å². The molecule has 0 spiro atoms. The lowest BCUT2D eigenvalue weighted by Crippen LogP contribution is -2.44. The maximum atomic E-state index is 6.28. The Morgan fingerprint density at radius 2 is 2.25 bits per heavy atom. The number of nitrogens with zero attached hydrogens (tertiary/aromatic N) is 4. The summed E-state index contributed by atoms with van der Waals surface area (Å²) in [6, 6.07) is 5.43. The molecule has 3 N–H and O–H groups in total. The molecule has 3 heterocycles. The summed E-state index contributed by atoms with van der Waals surface area (Å²) >= 11 is 6.16. The van der Waals surface area contributed by atoms with Crippen molar-refractivity contribution in [1.29, 1.82) is 0 Å². The van der Waals surface area contributed by atoms with E-state index in [0.717, 1.165) is 22.8 Å². The van der Waals surface area contributed by atoms with Crippen LogP contribution in [-0.4, -0.2) is 34.7 Å². The monoisotopic (exact) mass is 342 g/mol. The topological polar surface area (TPSA) is 82.8 Å². The molecule has 1 aromatic carbocycles. The summed E-state index contributed by atoms with van der Waals surface area (Å²) in [7, 11) is 1.62. The number of nitrogens with one attached hydrogen (secondary N) is 1. The molecule has 1 unspecified atom stereocenters. The second-order valence-electron chi connectivity index (χ2n) is 5.30. The molecule has 0 aliphatic carbocycles. The van der Waals surface area contributed by atoms with Crippen LogP contribution < -0.4 is 15.5 Å². The van der Waals surface area contributed by atoms with Crippen molar-refractivity contribution in [1.82, 2.24) is 15.2 Å². The molecule has 2 aromatic rings. The van der Waals surface area contributed by atoms with Crippen molar-refractivity contribution in [3.63, 3.8) is 0 Å². The smallest absolute Gasteiger partial charge is 0.150 e. The Labute approximate surface area is 143 Å². The highest BCUT2D eigenvalue weighted by Gasteiger charge is 2.32. The van der Waals surface area contributed by atoms with Gasteiger partial charge in [-0.25, -0.2) is 10.0 Å². The Morgan fingerprint density at radius 1 is 1.38 bits per heavy atom. The van der Waals surface area contributed by atoms with Crippen LogP contribution >= 0.6 is 11.6 Å². The number of aromatic amines is 1. The van der Waals surface area contributed by atoms with Gasteiger partial charge in [0.2, 0.25) is 0 Å². The number of allylic oxidation sites excluding steroid dienone is 1. The lowest BCUT2D eigenvalue weighted by molar-refractivity contribution is 0.415. The van der Waals surface area contributed by atoms with Gasteiger partial charge in [-0.05, 0) is 30.4 Å². The van der Waals surface area contributed by atoms with Crippen LogP contribution in [0.1, 0.15) is 0 Å². The first-order chi connectivity index (χ1) is 11.7. The van der Waals surface area contributed by atoms with Gasteiger partial charge in [0.25, 0.3) is 0 Å². The summed E-state index contributed by atoms with van der Waals surface area (Å²) in [6.45, 7) is 0. The highest BCUT2D eigenvalue weighted by Crippen LogP contribution is 2.39. The Hall–Kier alpha value is -2.77. The molecule has 24 heavy (non-hydrogen) atoms. The summed E-state index contributed by atoms with van der Waals surface area (Å²) in [4.78, 5) is 4.33. The zero-order valence-corrected chi connectivity index (χ0v) is 13.6. The zero-order valence-electron chi connectivity index (χ0n) is 12.8. The number of methoxy groups -OCH3 is 1. The first-order valence-electron chi connectivity index (χ1n) is 7.33. The minimum atomic E-state index is -0.360. The minimum absolute atomic E-state index is 0.360. The van der Waals surface area contributed by atoms with Gasteiger partial charge in [0.05, 0.1) is 19.0 Å². The van der Waals surface area contributed by atoms with Crippen LogP contribution in [0.25, 0.3) is 11.3 Å². The molecule has 0 saturated heterocycles. The molecule has 7 nitrogen and oxygen atoms in total. The van der Waals surface area contributed by atoms with Gasteiger partial charge in [0.1, 0.15) is 17.6 Å². The molecular weight excluding hydrogens is 328 g/mol. The van der Waals surface area contributed by atoms with Crippen LogP contribution in [-0.2, 0) is 0 Å². The molecule has 2 aliphatic rings. The molecular formula is C16H15ClN6O. The van der Waals surface area contributed by atoms with E-state index in [0.29, 0.717) is 10.8 Å². The summed E-state index contributed by atoms with van der Waals surface area (Å²) in [5.74, 6) is 1.47. The summed E-state index contributed by atoms with van der Waals surface area (Å²) in [5.41, 5.74) is 8.65. The van der Waals surface area contributed by atoms with E-state index in [9.17, 15) is 0 Å². The average Bonchev–Trinajstić information content (AvgIpc) is 3.17. The van der Waals surface area contributed by atoms with E-state index >= 15 is 0 Å². The molecule has 0 saturated carbocycles. The Balaban J connectivity index is 1.81. The number of ether oxygens (including phenoxy) is 1.